The van der Waals surface area contributed by atoms with Gasteiger partial charge in [-0.05, 0) is 56.0 Å². The second-order valence-corrected chi connectivity index (χ2v) is 8.17. The summed E-state index contributed by atoms with van der Waals surface area (Å²) in [7, 11) is 0. The summed E-state index contributed by atoms with van der Waals surface area (Å²) < 4.78 is 0. The molecule has 1 unspecified atom stereocenters. The second kappa shape index (κ2) is 4.60. The fourth-order valence-corrected chi connectivity index (χ4v) is 4.64. The van der Waals surface area contributed by atoms with Crippen LogP contribution in [0.3, 0.4) is 0 Å². The molecule has 24 heavy (non-hydrogen) atoms. The van der Waals surface area contributed by atoms with E-state index in [9.17, 15) is 0 Å². The van der Waals surface area contributed by atoms with Crippen LogP contribution in [0.5, 0.6) is 0 Å². The Morgan fingerprint density at radius 3 is 2.50 bits per heavy atom. The lowest BCUT2D eigenvalue weighted by atomic mass is 9.68. The van der Waals surface area contributed by atoms with Crippen molar-refractivity contribution in [3.8, 4) is 11.1 Å². The van der Waals surface area contributed by atoms with Crippen LogP contribution in [0.25, 0.3) is 21.9 Å². The Morgan fingerprint density at radius 2 is 1.71 bits per heavy atom. The predicted octanol–water partition coefficient (Wildman–Crippen LogP) is 6.36. The monoisotopic (exact) mass is 310 g/mol. The lowest BCUT2D eigenvalue weighted by Gasteiger charge is -2.35. The molecule has 0 heteroatoms. The topological polar surface area (TPSA) is 0 Å². The minimum Gasteiger partial charge on any atom is -0.0832 e. The molecule has 2 aliphatic carbocycles. The first-order valence-corrected chi connectivity index (χ1v) is 8.90. The molecule has 0 aliphatic heterocycles. The molecule has 1 atom stereocenters. The zero-order chi connectivity index (χ0) is 16.5. The molecule has 3 aromatic rings. The summed E-state index contributed by atoms with van der Waals surface area (Å²) in [6.07, 6.45) is 5.82. The number of benzene rings is 3. The van der Waals surface area contributed by atoms with E-state index in [2.05, 4.69) is 81.5 Å². The van der Waals surface area contributed by atoms with E-state index in [0.717, 1.165) is 6.42 Å². The molecular weight excluding hydrogens is 288 g/mol. The minimum atomic E-state index is 0.143. The van der Waals surface area contributed by atoms with Gasteiger partial charge in [0.1, 0.15) is 0 Å². The summed E-state index contributed by atoms with van der Waals surface area (Å²) in [4.78, 5) is 0. The molecule has 5 rings (SSSR count). The van der Waals surface area contributed by atoms with E-state index >= 15 is 0 Å². The molecule has 3 aromatic carbocycles. The second-order valence-electron chi connectivity index (χ2n) is 8.17. The van der Waals surface area contributed by atoms with E-state index in [0.29, 0.717) is 5.92 Å². The molecule has 0 fully saturated rings. The molecule has 118 valence electrons. The van der Waals surface area contributed by atoms with Crippen LogP contribution in [0.2, 0.25) is 0 Å². The first kappa shape index (κ1) is 14.0. The van der Waals surface area contributed by atoms with Crippen LogP contribution in [0.15, 0.2) is 60.7 Å². The number of fused-ring (bicyclic) bond motifs is 2. The zero-order valence-corrected chi connectivity index (χ0v) is 14.6. The lowest BCUT2D eigenvalue weighted by molar-refractivity contribution is 0.590. The summed E-state index contributed by atoms with van der Waals surface area (Å²) in [5.74, 6) is 0.407. The summed E-state index contributed by atoms with van der Waals surface area (Å²) in [6, 6.07) is 18.3. The van der Waals surface area contributed by atoms with Gasteiger partial charge < -0.3 is 0 Å². The number of rotatable bonds is 0. The molecule has 0 heterocycles. The summed E-state index contributed by atoms with van der Waals surface area (Å²) in [5, 5.41) is 2.81. The van der Waals surface area contributed by atoms with Gasteiger partial charge in [-0.15, -0.1) is 0 Å². The third-order valence-corrected chi connectivity index (χ3v) is 5.66. The van der Waals surface area contributed by atoms with Crippen LogP contribution < -0.4 is 0 Å². The lowest BCUT2D eigenvalue weighted by Crippen LogP contribution is -2.19. The summed E-state index contributed by atoms with van der Waals surface area (Å²) in [5.41, 5.74) is 9.07. The maximum atomic E-state index is 2.42. The van der Waals surface area contributed by atoms with Crippen LogP contribution in [0, 0.1) is 0 Å². The van der Waals surface area contributed by atoms with E-state index in [4.69, 9.17) is 0 Å². The molecule has 0 aromatic heterocycles. The quantitative estimate of drug-likeness (QED) is 0.424. The fraction of sp³-hybridized carbons (Fsp3) is 0.250. The highest BCUT2D eigenvalue weighted by Gasteiger charge is 2.33. The predicted molar refractivity (Wildman–Crippen MR) is 103 cm³/mol. The molecule has 0 radical (unpaired) electrons. The highest BCUT2D eigenvalue weighted by molar-refractivity contribution is 6.04. The maximum absolute atomic E-state index is 2.42. The van der Waals surface area contributed by atoms with Crippen molar-refractivity contribution in [2.24, 2.45) is 0 Å². The third kappa shape index (κ3) is 1.74. The third-order valence-electron chi connectivity index (χ3n) is 5.66. The Balaban J connectivity index is 2.01. The first-order chi connectivity index (χ1) is 11.6. The van der Waals surface area contributed by atoms with Crippen molar-refractivity contribution in [1.29, 1.82) is 0 Å². The van der Waals surface area contributed by atoms with E-state index in [1.54, 1.807) is 5.56 Å². The van der Waals surface area contributed by atoms with Crippen molar-refractivity contribution in [2.75, 3.05) is 0 Å². The number of hydrogen-bond donors (Lipinski definition) is 0. The van der Waals surface area contributed by atoms with Crippen molar-refractivity contribution < 1.29 is 0 Å². The molecule has 0 bridgehead atoms. The van der Waals surface area contributed by atoms with Crippen molar-refractivity contribution in [3.63, 3.8) is 0 Å². The highest BCUT2D eigenvalue weighted by Crippen LogP contribution is 2.51. The minimum absolute atomic E-state index is 0.143. The zero-order valence-electron chi connectivity index (χ0n) is 14.6. The van der Waals surface area contributed by atoms with Crippen LogP contribution in [0.4, 0.5) is 0 Å². The van der Waals surface area contributed by atoms with Gasteiger partial charge in [-0.2, -0.15) is 0 Å². The smallest absolute Gasteiger partial charge is 0.0285 e. The average Bonchev–Trinajstić information content (AvgIpc) is 2.58. The van der Waals surface area contributed by atoms with Gasteiger partial charge in [0, 0.05) is 5.92 Å². The van der Waals surface area contributed by atoms with E-state index in [1.165, 1.54) is 38.6 Å². The average molecular weight is 310 g/mol. The molecule has 0 saturated heterocycles. The molecule has 0 spiro atoms. The van der Waals surface area contributed by atoms with Gasteiger partial charge in [0.25, 0.3) is 0 Å². The normalized spacial score (nSPS) is 17.9. The van der Waals surface area contributed by atoms with Gasteiger partial charge in [0.2, 0.25) is 0 Å². The Morgan fingerprint density at radius 1 is 0.917 bits per heavy atom. The van der Waals surface area contributed by atoms with E-state index in [1.807, 2.05) is 0 Å². The van der Waals surface area contributed by atoms with Gasteiger partial charge in [0.15, 0.2) is 0 Å². The van der Waals surface area contributed by atoms with Gasteiger partial charge in [-0.25, -0.2) is 0 Å². The van der Waals surface area contributed by atoms with Gasteiger partial charge in [-0.1, -0.05) is 81.5 Å². The Bertz CT molecular complexity index is 1010. The van der Waals surface area contributed by atoms with Crippen LogP contribution in [-0.4, -0.2) is 0 Å². The standard InChI is InChI=1S/C24H22/c1-24(2,3)20-14-13-16-9-5-11-18-17-10-4-7-15-8-6-12-19(21(15)17)23(20)22(16)18/h4-8,10-14,18H,9H2,1-3H3. The van der Waals surface area contributed by atoms with Gasteiger partial charge >= 0.3 is 0 Å². The Kier molecular flexibility index (Phi) is 2.69. The Labute approximate surface area is 143 Å². The number of allylic oxidation sites excluding steroid dienone is 2. The SMILES string of the molecule is CC(C)(C)c1ccc2c3c1-c1cccc4cccc(c14)C3C=CC2. The van der Waals surface area contributed by atoms with Gasteiger partial charge in [-0.3, -0.25) is 0 Å². The van der Waals surface area contributed by atoms with Crippen molar-refractivity contribution in [3.05, 3.63) is 82.9 Å². The van der Waals surface area contributed by atoms with Crippen molar-refractivity contribution in [1.82, 2.24) is 0 Å². The molecule has 0 N–H and O–H groups in total. The van der Waals surface area contributed by atoms with Gasteiger partial charge in [0.05, 0.1) is 0 Å². The molecule has 0 amide bonds. The van der Waals surface area contributed by atoms with Crippen LogP contribution >= 0.6 is 0 Å². The highest BCUT2D eigenvalue weighted by atomic mass is 14.4. The van der Waals surface area contributed by atoms with Crippen LogP contribution in [0.1, 0.15) is 48.9 Å². The Hall–Kier alpha value is -2.34. The molecular formula is C24H22. The van der Waals surface area contributed by atoms with Crippen molar-refractivity contribution >= 4 is 10.8 Å². The first-order valence-electron chi connectivity index (χ1n) is 8.90. The van der Waals surface area contributed by atoms with Crippen LogP contribution in [-0.2, 0) is 11.8 Å². The largest absolute Gasteiger partial charge is 0.0832 e. The van der Waals surface area contributed by atoms with E-state index < -0.39 is 0 Å². The summed E-state index contributed by atoms with van der Waals surface area (Å²) in [6.45, 7) is 7.00. The van der Waals surface area contributed by atoms with Crippen molar-refractivity contribution in [2.45, 2.75) is 38.5 Å². The fourth-order valence-electron chi connectivity index (χ4n) is 4.64. The van der Waals surface area contributed by atoms with E-state index in [-0.39, 0.29) is 5.41 Å². The summed E-state index contributed by atoms with van der Waals surface area (Å²) >= 11 is 0. The molecule has 0 saturated carbocycles. The maximum Gasteiger partial charge on any atom is 0.0285 e. The molecule has 2 aliphatic rings. The number of hydrogen-bond acceptors (Lipinski definition) is 0. The molecule has 0 nitrogen and oxygen atoms in total.